The zero-order valence-electron chi connectivity index (χ0n) is 22.3. The van der Waals surface area contributed by atoms with Gasteiger partial charge in [-0.3, -0.25) is 4.98 Å². The van der Waals surface area contributed by atoms with Gasteiger partial charge in [0.25, 0.3) is 0 Å². The van der Waals surface area contributed by atoms with Crippen molar-refractivity contribution in [3.63, 3.8) is 0 Å². The van der Waals surface area contributed by atoms with Gasteiger partial charge in [-0.1, -0.05) is 18.2 Å². The van der Waals surface area contributed by atoms with Crippen molar-refractivity contribution in [3.05, 3.63) is 79.4 Å². The molecule has 0 saturated carbocycles. The Kier molecular flexibility index (Phi) is 6.26. The third-order valence-electron chi connectivity index (χ3n) is 6.77. The first kappa shape index (κ1) is 24.7. The van der Waals surface area contributed by atoms with Crippen molar-refractivity contribution in [1.29, 1.82) is 0 Å². The van der Waals surface area contributed by atoms with Gasteiger partial charge in [-0.05, 0) is 51.1 Å². The summed E-state index contributed by atoms with van der Waals surface area (Å²) in [5.74, 6) is 1.42. The van der Waals surface area contributed by atoms with Gasteiger partial charge < -0.3 is 24.4 Å². The number of nitrogens with one attached hydrogen (secondary N) is 1. The van der Waals surface area contributed by atoms with Gasteiger partial charge in [0.15, 0.2) is 0 Å². The number of aromatic nitrogens is 4. The molecule has 5 heterocycles. The molecule has 1 aliphatic rings. The lowest BCUT2D eigenvalue weighted by atomic mass is 10.2. The van der Waals surface area contributed by atoms with Crippen molar-refractivity contribution in [3.8, 4) is 5.69 Å². The molecule has 5 aromatic rings. The second-order valence-corrected chi connectivity index (χ2v) is 10.6. The van der Waals surface area contributed by atoms with Crippen LogP contribution in [0.15, 0.2) is 79.4 Å². The predicted octanol–water partition coefficient (Wildman–Crippen LogP) is 5.77. The Bertz CT molecular complexity index is 1620. The van der Waals surface area contributed by atoms with Crippen LogP contribution in [0.1, 0.15) is 20.8 Å². The minimum Gasteiger partial charge on any atom is -0.444 e. The molecule has 4 aromatic heterocycles. The van der Waals surface area contributed by atoms with E-state index in [1.165, 1.54) is 0 Å². The zero-order valence-corrected chi connectivity index (χ0v) is 22.3. The Morgan fingerprint density at radius 3 is 2.31 bits per heavy atom. The highest BCUT2D eigenvalue weighted by Gasteiger charge is 2.26. The van der Waals surface area contributed by atoms with Crippen molar-refractivity contribution >= 4 is 45.2 Å². The second kappa shape index (κ2) is 9.90. The summed E-state index contributed by atoms with van der Waals surface area (Å²) in [6.45, 7) is 8.34. The number of benzene rings is 1. The van der Waals surface area contributed by atoms with Crippen LogP contribution in [0.25, 0.3) is 27.5 Å². The minimum absolute atomic E-state index is 0.258. The number of hydrogen-bond acceptors (Lipinski definition) is 7. The number of hydrogen-bond donors (Lipinski definition) is 1. The molecule has 198 valence electrons. The molecule has 6 rings (SSSR count). The third-order valence-corrected chi connectivity index (χ3v) is 6.77. The average molecular weight is 522 g/mol. The van der Waals surface area contributed by atoms with Crippen LogP contribution in [0.2, 0.25) is 0 Å². The molecule has 1 saturated heterocycles. The van der Waals surface area contributed by atoms with Crippen LogP contribution in [0, 0.1) is 0 Å². The van der Waals surface area contributed by atoms with Crippen molar-refractivity contribution in [2.45, 2.75) is 26.4 Å². The van der Waals surface area contributed by atoms with Crippen molar-refractivity contribution < 1.29 is 9.53 Å². The number of para-hydroxylation sites is 1. The molecule has 0 bridgehead atoms. The lowest BCUT2D eigenvalue weighted by molar-refractivity contribution is 0.0240. The van der Waals surface area contributed by atoms with Gasteiger partial charge in [0, 0.05) is 61.1 Å². The predicted molar refractivity (Wildman–Crippen MR) is 154 cm³/mol. The first-order valence-electron chi connectivity index (χ1n) is 13.1. The summed E-state index contributed by atoms with van der Waals surface area (Å²) in [5.41, 5.74) is 3.67. The number of piperazine rings is 1. The van der Waals surface area contributed by atoms with E-state index in [-0.39, 0.29) is 6.09 Å². The molecule has 0 unspecified atom stereocenters. The van der Waals surface area contributed by atoms with Crippen LogP contribution < -0.4 is 10.2 Å². The second-order valence-electron chi connectivity index (χ2n) is 10.6. The Morgan fingerprint density at radius 2 is 1.59 bits per heavy atom. The lowest BCUT2D eigenvalue weighted by Gasteiger charge is -2.36. The maximum Gasteiger partial charge on any atom is 0.410 e. The normalized spacial score (nSPS) is 14.1. The largest absolute Gasteiger partial charge is 0.444 e. The van der Waals surface area contributed by atoms with Crippen molar-refractivity contribution in [2.24, 2.45) is 0 Å². The first-order chi connectivity index (χ1) is 18.9. The summed E-state index contributed by atoms with van der Waals surface area (Å²) in [5, 5.41) is 5.53. The highest BCUT2D eigenvalue weighted by Crippen LogP contribution is 2.32. The molecule has 1 aromatic carbocycles. The molecule has 0 spiro atoms. The summed E-state index contributed by atoms with van der Waals surface area (Å²) in [7, 11) is 0. The summed E-state index contributed by atoms with van der Waals surface area (Å²) in [6.07, 6.45) is 7.20. The molecule has 1 N–H and O–H groups in total. The minimum atomic E-state index is -0.490. The first-order valence-corrected chi connectivity index (χ1v) is 13.1. The van der Waals surface area contributed by atoms with E-state index in [0.717, 1.165) is 46.3 Å². The summed E-state index contributed by atoms with van der Waals surface area (Å²) >= 11 is 0. The number of rotatable bonds is 4. The van der Waals surface area contributed by atoms with E-state index in [0.29, 0.717) is 24.7 Å². The summed E-state index contributed by atoms with van der Waals surface area (Å²) in [6, 6.07) is 18.3. The standard InChI is InChI=1S/C30H31N7O2/c1-30(2,3)39-29(38)36-15-13-35(14-16-36)22-9-10-27(32-18-22)34-28-17-25-24(19-33-28)23-11-12-31-20-26(23)37(25)21-7-5-4-6-8-21/h4-12,17-20H,13-16H2,1-3H3,(H,32,33,34). The molecule has 0 aliphatic carbocycles. The molecule has 1 aliphatic heterocycles. The van der Waals surface area contributed by atoms with E-state index in [1.807, 2.05) is 88.0 Å². The molecule has 1 amide bonds. The summed E-state index contributed by atoms with van der Waals surface area (Å²) < 4.78 is 7.71. The molecule has 0 radical (unpaired) electrons. The van der Waals surface area contributed by atoms with Crippen molar-refractivity contribution in [1.82, 2.24) is 24.4 Å². The van der Waals surface area contributed by atoms with E-state index in [9.17, 15) is 4.79 Å². The Morgan fingerprint density at radius 1 is 0.821 bits per heavy atom. The van der Waals surface area contributed by atoms with Gasteiger partial charge >= 0.3 is 6.09 Å². The highest BCUT2D eigenvalue weighted by molar-refractivity contribution is 6.09. The number of amides is 1. The number of pyridine rings is 3. The topological polar surface area (TPSA) is 88.4 Å². The number of carbonyl (C=O) groups is 1. The van der Waals surface area contributed by atoms with Gasteiger partial charge in [0.2, 0.25) is 0 Å². The van der Waals surface area contributed by atoms with Crippen LogP contribution in [0.3, 0.4) is 0 Å². The van der Waals surface area contributed by atoms with Gasteiger partial charge in [0.1, 0.15) is 17.2 Å². The zero-order chi connectivity index (χ0) is 27.0. The Balaban J connectivity index is 1.19. The van der Waals surface area contributed by atoms with Crippen LogP contribution in [-0.2, 0) is 4.74 Å². The van der Waals surface area contributed by atoms with E-state index in [1.54, 1.807) is 4.90 Å². The maximum absolute atomic E-state index is 12.4. The molecular weight excluding hydrogens is 490 g/mol. The number of fused-ring (bicyclic) bond motifs is 3. The Labute approximate surface area is 227 Å². The molecule has 9 heteroatoms. The van der Waals surface area contributed by atoms with E-state index in [2.05, 4.69) is 41.9 Å². The third kappa shape index (κ3) is 5.07. The van der Waals surface area contributed by atoms with Crippen molar-refractivity contribution in [2.75, 3.05) is 36.4 Å². The number of nitrogens with zero attached hydrogens (tertiary/aromatic N) is 6. The molecule has 0 atom stereocenters. The number of anilines is 3. The fraction of sp³-hybridized carbons (Fsp3) is 0.267. The highest BCUT2D eigenvalue weighted by atomic mass is 16.6. The van der Waals surface area contributed by atoms with Gasteiger partial charge in [-0.15, -0.1) is 0 Å². The fourth-order valence-corrected chi connectivity index (χ4v) is 4.93. The van der Waals surface area contributed by atoms with E-state index >= 15 is 0 Å². The average Bonchev–Trinajstić information content (AvgIpc) is 3.27. The molecule has 1 fully saturated rings. The lowest BCUT2D eigenvalue weighted by Crippen LogP contribution is -2.50. The molecular formula is C30H31N7O2. The monoisotopic (exact) mass is 521 g/mol. The smallest absolute Gasteiger partial charge is 0.410 e. The summed E-state index contributed by atoms with van der Waals surface area (Å²) in [4.78, 5) is 30.0. The van der Waals surface area contributed by atoms with Crippen LogP contribution in [-0.4, -0.2) is 62.3 Å². The molecule has 39 heavy (non-hydrogen) atoms. The number of ether oxygens (including phenoxy) is 1. The van der Waals surface area contributed by atoms with E-state index < -0.39 is 5.60 Å². The fourth-order valence-electron chi connectivity index (χ4n) is 4.93. The van der Waals surface area contributed by atoms with Gasteiger partial charge in [-0.25, -0.2) is 14.8 Å². The quantitative estimate of drug-likeness (QED) is 0.321. The van der Waals surface area contributed by atoms with Crippen LogP contribution in [0.4, 0.5) is 22.1 Å². The maximum atomic E-state index is 12.4. The number of carbonyl (C=O) groups excluding carboxylic acids is 1. The van der Waals surface area contributed by atoms with Gasteiger partial charge in [0.05, 0.1) is 29.1 Å². The van der Waals surface area contributed by atoms with Crippen LogP contribution in [0.5, 0.6) is 0 Å². The molecule has 9 nitrogen and oxygen atoms in total. The SMILES string of the molecule is CC(C)(C)OC(=O)N1CCN(c2ccc(Nc3cc4c(cn3)c3ccncc3n4-c3ccccc3)nc2)CC1. The Hall–Kier alpha value is -4.66. The van der Waals surface area contributed by atoms with E-state index in [4.69, 9.17) is 4.74 Å². The van der Waals surface area contributed by atoms with Crippen LogP contribution >= 0.6 is 0 Å². The van der Waals surface area contributed by atoms with Gasteiger partial charge in [-0.2, -0.15) is 0 Å².